The summed E-state index contributed by atoms with van der Waals surface area (Å²) in [6, 6.07) is 16.5. The van der Waals surface area contributed by atoms with Gasteiger partial charge < -0.3 is 11.1 Å². The minimum Gasteiger partial charge on any atom is -0.348 e. The van der Waals surface area contributed by atoms with Crippen molar-refractivity contribution in [1.29, 1.82) is 0 Å². The Hall–Kier alpha value is -1.84. The lowest BCUT2D eigenvalue weighted by molar-refractivity contribution is -0.123. The number of nitrogens with one attached hydrogen (secondary N) is 1. The highest BCUT2D eigenvalue weighted by Crippen LogP contribution is 2.22. The minimum atomic E-state index is -0.572. The second-order valence-corrected chi connectivity index (χ2v) is 5.46. The Morgan fingerprint density at radius 2 is 1.76 bits per heavy atom. The molecule has 0 aliphatic carbocycles. The maximum absolute atomic E-state index is 12.2. The van der Waals surface area contributed by atoms with E-state index in [9.17, 15) is 4.79 Å². The van der Waals surface area contributed by atoms with Gasteiger partial charge in [-0.3, -0.25) is 4.79 Å². The summed E-state index contributed by atoms with van der Waals surface area (Å²) in [7, 11) is 0. The number of halogens is 1. The van der Waals surface area contributed by atoms with Gasteiger partial charge >= 0.3 is 0 Å². The van der Waals surface area contributed by atoms with Crippen LogP contribution in [0.3, 0.4) is 0 Å². The zero-order chi connectivity index (χ0) is 15.2. The van der Waals surface area contributed by atoms with E-state index >= 15 is 0 Å². The molecule has 2 atom stereocenters. The summed E-state index contributed by atoms with van der Waals surface area (Å²) in [5, 5.41) is 3.55. The molecule has 1 amide bonds. The Labute approximate surface area is 130 Å². The largest absolute Gasteiger partial charge is 0.348 e. The van der Waals surface area contributed by atoms with Crippen molar-refractivity contribution in [3.8, 4) is 0 Å². The van der Waals surface area contributed by atoms with Crippen LogP contribution >= 0.6 is 11.6 Å². The fourth-order valence-corrected chi connectivity index (χ4v) is 2.48. The zero-order valence-electron chi connectivity index (χ0n) is 11.9. The van der Waals surface area contributed by atoms with Gasteiger partial charge in [0.25, 0.3) is 0 Å². The molecule has 0 spiro atoms. The molecule has 0 aliphatic heterocycles. The number of benzene rings is 2. The van der Waals surface area contributed by atoms with Crippen LogP contribution in [-0.2, 0) is 11.2 Å². The van der Waals surface area contributed by atoms with Crippen molar-refractivity contribution in [2.75, 3.05) is 0 Å². The van der Waals surface area contributed by atoms with E-state index in [1.54, 1.807) is 0 Å². The topological polar surface area (TPSA) is 55.1 Å². The number of hydrogen-bond donors (Lipinski definition) is 2. The third-order valence-corrected chi connectivity index (χ3v) is 3.71. The first-order valence-electron chi connectivity index (χ1n) is 6.92. The van der Waals surface area contributed by atoms with Crippen LogP contribution in [0.2, 0.25) is 5.02 Å². The van der Waals surface area contributed by atoms with Gasteiger partial charge in [0.1, 0.15) is 0 Å². The number of carbonyl (C=O) groups excluding carboxylic acids is 1. The molecule has 2 aromatic rings. The Bertz CT molecular complexity index is 601. The SMILES string of the molecule is CC(NC(=O)[C@@H](N)Cc1ccccc1)c1ccccc1Cl. The van der Waals surface area contributed by atoms with Crippen LogP contribution in [-0.4, -0.2) is 11.9 Å². The van der Waals surface area contributed by atoms with Crippen LogP contribution in [0.1, 0.15) is 24.1 Å². The first-order chi connectivity index (χ1) is 10.1. The van der Waals surface area contributed by atoms with E-state index in [1.807, 2.05) is 61.5 Å². The molecule has 0 aromatic heterocycles. The Morgan fingerprint density at radius 1 is 1.14 bits per heavy atom. The van der Waals surface area contributed by atoms with E-state index in [0.29, 0.717) is 11.4 Å². The molecule has 3 N–H and O–H groups in total. The molecule has 2 aromatic carbocycles. The average molecular weight is 303 g/mol. The Balaban J connectivity index is 1.96. The first kappa shape index (κ1) is 15.5. The maximum atomic E-state index is 12.2. The summed E-state index contributed by atoms with van der Waals surface area (Å²) in [6.45, 7) is 1.90. The molecule has 4 heteroatoms. The normalized spacial score (nSPS) is 13.5. The van der Waals surface area contributed by atoms with Crippen molar-refractivity contribution in [2.24, 2.45) is 5.73 Å². The lowest BCUT2D eigenvalue weighted by Gasteiger charge is -2.19. The van der Waals surface area contributed by atoms with E-state index in [1.165, 1.54) is 0 Å². The highest BCUT2D eigenvalue weighted by atomic mass is 35.5. The molecule has 0 heterocycles. The van der Waals surface area contributed by atoms with Crippen molar-refractivity contribution < 1.29 is 4.79 Å². The lowest BCUT2D eigenvalue weighted by atomic mass is 10.0. The summed E-state index contributed by atoms with van der Waals surface area (Å²) in [6.07, 6.45) is 0.516. The summed E-state index contributed by atoms with van der Waals surface area (Å²) in [4.78, 5) is 12.2. The van der Waals surface area contributed by atoms with Crippen molar-refractivity contribution >= 4 is 17.5 Å². The van der Waals surface area contributed by atoms with E-state index in [-0.39, 0.29) is 11.9 Å². The molecule has 1 unspecified atom stereocenters. The van der Waals surface area contributed by atoms with Crippen LogP contribution in [0.5, 0.6) is 0 Å². The molecular formula is C17H19ClN2O. The predicted molar refractivity (Wildman–Crippen MR) is 86.1 cm³/mol. The standard InChI is InChI=1S/C17H19ClN2O/c1-12(14-9-5-6-10-15(14)18)20-17(21)16(19)11-13-7-3-2-4-8-13/h2-10,12,16H,11,19H2,1H3,(H,20,21)/t12?,16-/m0/s1. The second kappa shape index (κ2) is 7.25. The summed E-state index contributed by atoms with van der Waals surface area (Å²) >= 11 is 6.13. The smallest absolute Gasteiger partial charge is 0.237 e. The van der Waals surface area contributed by atoms with Crippen LogP contribution in [0.4, 0.5) is 0 Å². The van der Waals surface area contributed by atoms with E-state index < -0.39 is 6.04 Å². The van der Waals surface area contributed by atoms with Crippen LogP contribution < -0.4 is 11.1 Å². The molecule has 110 valence electrons. The second-order valence-electron chi connectivity index (χ2n) is 5.05. The number of hydrogen-bond acceptors (Lipinski definition) is 2. The summed E-state index contributed by atoms with van der Waals surface area (Å²) in [5.74, 6) is -0.175. The van der Waals surface area contributed by atoms with Gasteiger partial charge in [0, 0.05) is 5.02 Å². The van der Waals surface area contributed by atoms with Gasteiger partial charge in [-0.2, -0.15) is 0 Å². The maximum Gasteiger partial charge on any atom is 0.237 e. The van der Waals surface area contributed by atoms with Crippen LogP contribution in [0, 0.1) is 0 Å². The quantitative estimate of drug-likeness (QED) is 0.892. The highest BCUT2D eigenvalue weighted by Gasteiger charge is 2.18. The van der Waals surface area contributed by atoms with Crippen LogP contribution in [0.15, 0.2) is 54.6 Å². The lowest BCUT2D eigenvalue weighted by Crippen LogP contribution is -2.43. The first-order valence-corrected chi connectivity index (χ1v) is 7.30. The fourth-order valence-electron chi connectivity index (χ4n) is 2.19. The Kier molecular flexibility index (Phi) is 5.37. The molecule has 3 nitrogen and oxygen atoms in total. The molecule has 2 rings (SSSR count). The number of carbonyl (C=O) groups is 1. The highest BCUT2D eigenvalue weighted by molar-refractivity contribution is 6.31. The molecular weight excluding hydrogens is 284 g/mol. The van der Waals surface area contributed by atoms with Gasteiger partial charge in [-0.1, -0.05) is 60.1 Å². The Morgan fingerprint density at radius 3 is 2.43 bits per heavy atom. The van der Waals surface area contributed by atoms with E-state index in [0.717, 1.165) is 11.1 Å². The predicted octanol–water partition coefficient (Wildman–Crippen LogP) is 3.09. The van der Waals surface area contributed by atoms with Gasteiger partial charge in [0.15, 0.2) is 0 Å². The molecule has 0 aliphatic rings. The third-order valence-electron chi connectivity index (χ3n) is 3.37. The molecule has 0 bridgehead atoms. The fraction of sp³-hybridized carbons (Fsp3) is 0.235. The van der Waals surface area contributed by atoms with Gasteiger partial charge in [-0.05, 0) is 30.5 Å². The van der Waals surface area contributed by atoms with Crippen molar-refractivity contribution in [3.63, 3.8) is 0 Å². The molecule has 0 radical (unpaired) electrons. The van der Waals surface area contributed by atoms with E-state index in [4.69, 9.17) is 17.3 Å². The summed E-state index contributed by atoms with van der Waals surface area (Å²) in [5.41, 5.74) is 7.90. The molecule has 0 fully saturated rings. The minimum absolute atomic E-state index is 0.173. The summed E-state index contributed by atoms with van der Waals surface area (Å²) < 4.78 is 0. The zero-order valence-corrected chi connectivity index (χ0v) is 12.7. The molecule has 21 heavy (non-hydrogen) atoms. The van der Waals surface area contributed by atoms with Crippen molar-refractivity contribution in [3.05, 3.63) is 70.7 Å². The van der Waals surface area contributed by atoms with Gasteiger partial charge in [-0.25, -0.2) is 0 Å². The van der Waals surface area contributed by atoms with Gasteiger partial charge in [0.05, 0.1) is 12.1 Å². The molecule has 0 saturated carbocycles. The number of amides is 1. The average Bonchev–Trinajstić information content (AvgIpc) is 2.48. The van der Waals surface area contributed by atoms with E-state index in [2.05, 4.69) is 5.32 Å². The number of rotatable bonds is 5. The van der Waals surface area contributed by atoms with Gasteiger partial charge in [-0.15, -0.1) is 0 Å². The van der Waals surface area contributed by atoms with Crippen molar-refractivity contribution in [2.45, 2.75) is 25.4 Å². The van der Waals surface area contributed by atoms with Gasteiger partial charge in [0.2, 0.25) is 5.91 Å². The van der Waals surface area contributed by atoms with Crippen LogP contribution in [0.25, 0.3) is 0 Å². The van der Waals surface area contributed by atoms with Crippen molar-refractivity contribution in [1.82, 2.24) is 5.32 Å². The third kappa shape index (κ3) is 4.31. The number of nitrogens with two attached hydrogens (primary N) is 1. The molecule has 0 saturated heterocycles. The monoisotopic (exact) mass is 302 g/mol.